The number of piperidine rings is 1. The van der Waals surface area contributed by atoms with Crippen LogP contribution in [-0.4, -0.2) is 49.6 Å². The van der Waals surface area contributed by atoms with Crippen LogP contribution in [0.3, 0.4) is 0 Å². The molecule has 0 radical (unpaired) electrons. The minimum Gasteiger partial charge on any atom is -0.342 e. The van der Waals surface area contributed by atoms with Crippen LogP contribution in [0.15, 0.2) is 0 Å². The predicted octanol–water partition coefficient (Wildman–Crippen LogP) is 0.657. The molecule has 0 spiro atoms. The highest BCUT2D eigenvalue weighted by molar-refractivity contribution is 7.99. The lowest BCUT2D eigenvalue weighted by Crippen LogP contribution is -2.43. The van der Waals surface area contributed by atoms with E-state index in [0.717, 1.165) is 31.6 Å². The Morgan fingerprint density at radius 2 is 2.22 bits per heavy atom. The largest absolute Gasteiger partial charge is 0.342 e. The lowest BCUT2D eigenvalue weighted by molar-refractivity contribution is -0.129. The van der Waals surface area contributed by atoms with Gasteiger partial charge in [0.25, 0.3) is 0 Å². The Morgan fingerprint density at radius 3 is 2.83 bits per heavy atom. The molecule has 2 N–H and O–H groups in total. The molecular weight excluding hydrogens is 272 g/mol. The van der Waals surface area contributed by atoms with E-state index < -0.39 is 10.0 Å². The number of likely N-dealkylation sites (tertiary alicyclic amines) is 1. The van der Waals surface area contributed by atoms with Crippen LogP contribution in [0, 0.1) is 5.92 Å². The van der Waals surface area contributed by atoms with Crippen molar-refractivity contribution in [1.82, 2.24) is 4.90 Å². The van der Waals surface area contributed by atoms with E-state index in [-0.39, 0.29) is 17.6 Å². The van der Waals surface area contributed by atoms with Gasteiger partial charge in [-0.1, -0.05) is 6.92 Å². The van der Waals surface area contributed by atoms with E-state index in [9.17, 15) is 13.2 Å². The summed E-state index contributed by atoms with van der Waals surface area (Å²) in [5.41, 5.74) is 0. The Bertz CT molecular complexity index is 370. The molecule has 1 aliphatic rings. The summed E-state index contributed by atoms with van der Waals surface area (Å²) in [6.45, 7) is 3.36. The van der Waals surface area contributed by atoms with Gasteiger partial charge >= 0.3 is 0 Å². The zero-order valence-electron chi connectivity index (χ0n) is 10.8. The van der Waals surface area contributed by atoms with Crippen LogP contribution in [0.4, 0.5) is 0 Å². The van der Waals surface area contributed by atoms with E-state index in [1.807, 2.05) is 0 Å². The van der Waals surface area contributed by atoms with E-state index in [1.54, 1.807) is 16.7 Å². The maximum atomic E-state index is 11.9. The smallest absolute Gasteiger partial charge is 0.232 e. The van der Waals surface area contributed by atoms with Crippen molar-refractivity contribution in [3.05, 3.63) is 0 Å². The summed E-state index contributed by atoms with van der Waals surface area (Å²) < 4.78 is 22.1. The molecule has 18 heavy (non-hydrogen) atoms. The van der Waals surface area contributed by atoms with Crippen molar-refractivity contribution < 1.29 is 13.2 Å². The Labute approximate surface area is 114 Å². The fraction of sp³-hybridized carbons (Fsp3) is 0.909. The van der Waals surface area contributed by atoms with Crippen LogP contribution in [0.5, 0.6) is 0 Å². The minimum atomic E-state index is -3.44. The molecule has 0 aromatic heterocycles. The van der Waals surface area contributed by atoms with Gasteiger partial charge in [0.1, 0.15) is 0 Å². The van der Waals surface area contributed by atoms with Crippen molar-refractivity contribution in [2.75, 3.05) is 30.3 Å². The lowest BCUT2D eigenvalue weighted by atomic mass is 10.0. The first-order valence-electron chi connectivity index (χ1n) is 6.28. The molecule has 0 aromatic rings. The maximum absolute atomic E-state index is 11.9. The Kier molecular flexibility index (Phi) is 6.45. The number of hydrogen-bond acceptors (Lipinski definition) is 4. The summed E-state index contributed by atoms with van der Waals surface area (Å²) >= 11 is 1.64. The molecule has 0 aromatic carbocycles. The second-order valence-electron chi connectivity index (χ2n) is 4.73. The van der Waals surface area contributed by atoms with Gasteiger partial charge in [0.05, 0.1) is 11.5 Å². The monoisotopic (exact) mass is 294 g/mol. The van der Waals surface area contributed by atoms with E-state index in [1.165, 1.54) is 0 Å². The number of carbonyl (C=O) groups excluding carboxylic acids is 1. The van der Waals surface area contributed by atoms with Crippen LogP contribution in [-0.2, 0) is 14.8 Å². The molecule has 1 rings (SSSR count). The Hall–Kier alpha value is -0.270. The molecule has 1 aliphatic heterocycles. The van der Waals surface area contributed by atoms with Crippen molar-refractivity contribution in [1.29, 1.82) is 0 Å². The van der Waals surface area contributed by atoms with Gasteiger partial charge in [-0.15, -0.1) is 0 Å². The van der Waals surface area contributed by atoms with Gasteiger partial charge in [-0.05, 0) is 30.9 Å². The normalized spacial score (nSPS) is 21.0. The molecule has 1 fully saturated rings. The quantitative estimate of drug-likeness (QED) is 0.730. The van der Waals surface area contributed by atoms with Gasteiger partial charge in [-0.25, -0.2) is 13.6 Å². The highest BCUT2D eigenvalue weighted by Crippen LogP contribution is 2.18. The number of thioether (sulfide) groups is 1. The average molecular weight is 294 g/mol. The van der Waals surface area contributed by atoms with Gasteiger partial charge in [-0.3, -0.25) is 4.79 Å². The van der Waals surface area contributed by atoms with Gasteiger partial charge in [0, 0.05) is 13.1 Å². The number of carbonyl (C=O) groups is 1. The molecule has 7 heteroatoms. The van der Waals surface area contributed by atoms with E-state index in [4.69, 9.17) is 5.14 Å². The Balaban J connectivity index is 2.40. The molecule has 1 amide bonds. The van der Waals surface area contributed by atoms with Gasteiger partial charge < -0.3 is 4.90 Å². The highest BCUT2D eigenvalue weighted by atomic mass is 32.2. The van der Waals surface area contributed by atoms with Crippen LogP contribution < -0.4 is 5.14 Å². The predicted molar refractivity (Wildman–Crippen MR) is 74.9 cm³/mol. The number of amides is 1. The highest BCUT2D eigenvalue weighted by Gasteiger charge is 2.25. The van der Waals surface area contributed by atoms with Gasteiger partial charge in [0.15, 0.2) is 0 Å². The van der Waals surface area contributed by atoms with Crippen molar-refractivity contribution in [2.24, 2.45) is 11.1 Å². The number of sulfonamides is 1. The van der Waals surface area contributed by atoms with Crippen LogP contribution in [0.1, 0.15) is 26.2 Å². The second-order valence-corrected chi connectivity index (χ2v) is 7.49. The first-order chi connectivity index (χ1) is 8.42. The molecule has 0 saturated carbocycles. The fourth-order valence-corrected chi connectivity index (χ4v) is 3.87. The van der Waals surface area contributed by atoms with Crippen molar-refractivity contribution in [3.63, 3.8) is 0 Å². The molecule has 1 atom stereocenters. The van der Waals surface area contributed by atoms with Crippen molar-refractivity contribution in [2.45, 2.75) is 26.2 Å². The number of hydrogen-bond donors (Lipinski definition) is 1. The lowest BCUT2D eigenvalue weighted by Gasteiger charge is -2.32. The molecule has 106 valence electrons. The number of primary sulfonamides is 1. The third-order valence-corrected chi connectivity index (χ3v) is 5.00. The first kappa shape index (κ1) is 15.8. The summed E-state index contributed by atoms with van der Waals surface area (Å²) in [7, 11) is -3.44. The maximum Gasteiger partial charge on any atom is 0.232 e. The second kappa shape index (κ2) is 7.35. The summed E-state index contributed by atoms with van der Waals surface area (Å²) in [6, 6.07) is 0. The van der Waals surface area contributed by atoms with Crippen molar-refractivity contribution >= 4 is 27.7 Å². The molecule has 5 nitrogen and oxygen atoms in total. The van der Waals surface area contributed by atoms with Gasteiger partial charge in [0.2, 0.25) is 15.9 Å². The standard InChI is InChI=1S/C11H22N2O3S2/c1-2-6-17-8-11(14)13-5-3-4-10(7-13)9-18(12,15)16/h10H,2-9H2,1H3,(H2,12,15,16). The summed E-state index contributed by atoms with van der Waals surface area (Å²) in [5.74, 6) is 1.58. The van der Waals surface area contributed by atoms with E-state index in [0.29, 0.717) is 12.3 Å². The average Bonchev–Trinajstić information content (AvgIpc) is 2.27. The van der Waals surface area contributed by atoms with Crippen LogP contribution >= 0.6 is 11.8 Å². The summed E-state index contributed by atoms with van der Waals surface area (Å²) in [4.78, 5) is 13.7. The molecule has 1 saturated heterocycles. The minimum absolute atomic E-state index is 0.00567. The zero-order chi connectivity index (χ0) is 13.6. The van der Waals surface area contributed by atoms with Gasteiger partial charge in [-0.2, -0.15) is 11.8 Å². The fourth-order valence-electron chi connectivity index (χ4n) is 2.15. The SMILES string of the molecule is CCCSCC(=O)N1CCCC(CS(N)(=O)=O)C1. The topological polar surface area (TPSA) is 80.5 Å². The molecule has 0 bridgehead atoms. The number of nitrogens with two attached hydrogens (primary N) is 1. The third kappa shape index (κ3) is 6.06. The first-order valence-corrected chi connectivity index (χ1v) is 9.15. The van der Waals surface area contributed by atoms with E-state index >= 15 is 0 Å². The number of nitrogens with zero attached hydrogens (tertiary/aromatic N) is 1. The third-order valence-electron chi connectivity index (χ3n) is 2.91. The molecule has 1 unspecified atom stereocenters. The van der Waals surface area contributed by atoms with Crippen LogP contribution in [0.25, 0.3) is 0 Å². The molecule has 0 aliphatic carbocycles. The number of rotatable bonds is 6. The summed E-state index contributed by atoms with van der Waals surface area (Å²) in [5, 5.41) is 5.05. The molecular formula is C11H22N2O3S2. The van der Waals surface area contributed by atoms with Crippen molar-refractivity contribution in [3.8, 4) is 0 Å². The summed E-state index contributed by atoms with van der Waals surface area (Å²) in [6.07, 6.45) is 2.76. The van der Waals surface area contributed by atoms with Crippen LogP contribution in [0.2, 0.25) is 0 Å². The van der Waals surface area contributed by atoms with E-state index in [2.05, 4.69) is 6.92 Å². The Morgan fingerprint density at radius 1 is 1.50 bits per heavy atom. The zero-order valence-corrected chi connectivity index (χ0v) is 12.4. The molecule has 1 heterocycles.